The summed E-state index contributed by atoms with van der Waals surface area (Å²) in [4.78, 5) is 18.5. The van der Waals surface area contributed by atoms with Crippen LogP contribution in [0.5, 0.6) is 0 Å². The molecule has 1 N–H and O–H groups in total. The number of nitrogens with zero attached hydrogens (tertiary/aromatic N) is 4. The Morgan fingerprint density at radius 2 is 1.89 bits per heavy atom. The molecule has 142 valence electrons. The lowest BCUT2D eigenvalue weighted by molar-refractivity contribution is -0.121. The Morgan fingerprint density at radius 3 is 2.56 bits per heavy atom. The lowest BCUT2D eigenvalue weighted by Gasteiger charge is -2.11. The molecule has 3 aromatic rings. The molecule has 0 radical (unpaired) electrons. The molecule has 9 nitrogen and oxygen atoms in total. The number of aryl methyl sites for hydroxylation is 1. The van der Waals surface area contributed by atoms with Crippen LogP contribution in [0.1, 0.15) is 5.56 Å². The van der Waals surface area contributed by atoms with E-state index in [2.05, 4.69) is 15.6 Å². The second kappa shape index (κ2) is 7.33. The van der Waals surface area contributed by atoms with Gasteiger partial charge in [0.05, 0.1) is 4.90 Å². The third-order valence-electron chi connectivity index (χ3n) is 3.82. The van der Waals surface area contributed by atoms with Gasteiger partial charge >= 0.3 is 0 Å². The number of aromatic nitrogens is 3. The van der Waals surface area contributed by atoms with E-state index in [4.69, 9.17) is 4.84 Å². The van der Waals surface area contributed by atoms with Crippen molar-refractivity contribution in [1.82, 2.24) is 19.5 Å². The van der Waals surface area contributed by atoms with Crippen LogP contribution in [-0.4, -0.2) is 54.5 Å². The highest BCUT2D eigenvalue weighted by Crippen LogP contribution is 2.19. The van der Waals surface area contributed by atoms with Gasteiger partial charge in [-0.1, -0.05) is 22.5 Å². The number of benzene rings is 2. The molecule has 0 unspecified atom stereocenters. The first-order chi connectivity index (χ1) is 12.8. The minimum atomic E-state index is -3.61. The van der Waals surface area contributed by atoms with Crippen LogP contribution in [0.4, 0.5) is 5.69 Å². The van der Waals surface area contributed by atoms with Gasteiger partial charge in [-0.15, -0.1) is 5.10 Å². The van der Waals surface area contributed by atoms with Crippen LogP contribution < -0.4 is 10.2 Å². The first kappa shape index (κ1) is 18.8. The Balaban J connectivity index is 1.75. The zero-order valence-corrected chi connectivity index (χ0v) is 15.9. The van der Waals surface area contributed by atoms with Gasteiger partial charge in [-0.3, -0.25) is 4.79 Å². The maximum Gasteiger partial charge on any atom is 0.265 e. The van der Waals surface area contributed by atoms with E-state index in [-0.39, 0.29) is 17.4 Å². The van der Waals surface area contributed by atoms with E-state index in [1.807, 2.05) is 19.1 Å². The molecule has 0 aliphatic carbocycles. The van der Waals surface area contributed by atoms with E-state index in [1.54, 1.807) is 12.1 Å². The minimum absolute atomic E-state index is 0.0799. The summed E-state index contributed by atoms with van der Waals surface area (Å²) in [5.74, 6) is -0.375. The minimum Gasteiger partial charge on any atom is -0.385 e. The number of sulfonamides is 1. The smallest absolute Gasteiger partial charge is 0.265 e. The van der Waals surface area contributed by atoms with Crippen LogP contribution in [0.15, 0.2) is 47.4 Å². The van der Waals surface area contributed by atoms with Gasteiger partial charge in [-0.25, -0.2) is 12.7 Å². The Kier molecular flexibility index (Phi) is 5.10. The summed E-state index contributed by atoms with van der Waals surface area (Å²) in [5, 5.41) is 10.4. The molecule has 0 saturated carbocycles. The number of anilines is 1. The number of hydrogen-bond acceptors (Lipinski definition) is 6. The van der Waals surface area contributed by atoms with Crippen molar-refractivity contribution in [3.05, 3.63) is 48.0 Å². The molecule has 27 heavy (non-hydrogen) atoms. The predicted octanol–water partition coefficient (Wildman–Crippen LogP) is 1.06. The Bertz CT molecular complexity index is 1070. The molecule has 10 heteroatoms. The van der Waals surface area contributed by atoms with Crippen LogP contribution in [0.3, 0.4) is 0 Å². The highest BCUT2D eigenvalue weighted by molar-refractivity contribution is 7.89. The topological polar surface area (TPSA) is 106 Å². The van der Waals surface area contributed by atoms with E-state index in [0.29, 0.717) is 16.7 Å². The van der Waals surface area contributed by atoms with Crippen LogP contribution in [-0.2, 0) is 14.8 Å². The summed E-state index contributed by atoms with van der Waals surface area (Å²) in [5.41, 5.74) is 2.53. The van der Waals surface area contributed by atoms with Gasteiger partial charge in [0.25, 0.3) is 5.91 Å². The van der Waals surface area contributed by atoms with Crippen LogP contribution >= 0.6 is 0 Å². The molecule has 3 rings (SSSR count). The molecule has 0 saturated heterocycles. The highest BCUT2D eigenvalue weighted by Gasteiger charge is 2.19. The molecular weight excluding hydrogens is 370 g/mol. The third kappa shape index (κ3) is 4.07. The first-order valence-corrected chi connectivity index (χ1v) is 9.49. The van der Waals surface area contributed by atoms with E-state index < -0.39 is 10.0 Å². The summed E-state index contributed by atoms with van der Waals surface area (Å²) < 4.78 is 25.7. The average molecular weight is 389 g/mol. The van der Waals surface area contributed by atoms with Gasteiger partial charge in [-0.05, 0) is 42.5 Å². The molecule has 2 aromatic carbocycles. The fourth-order valence-electron chi connectivity index (χ4n) is 2.30. The molecule has 0 aliphatic rings. The second-order valence-corrected chi connectivity index (χ2v) is 8.24. The summed E-state index contributed by atoms with van der Waals surface area (Å²) in [6, 6.07) is 11.7. The summed E-state index contributed by atoms with van der Waals surface area (Å²) >= 11 is 0. The third-order valence-corrected chi connectivity index (χ3v) is 5.63. The number of carbonyl (C=O) groups is 1. The van der Waals surface area contributed by atoms with Crippen LogP contribution in [0.25, 0.3) is 11.0 Å². The molecular formula is C17H19N5O4S. The van der Waals surface area contributed by atoms with Gasteiger partial charge in [0.1, 0.15) is 11.0 Å². The summed E-state index contributed by atoms with van der Waals surface area (Å²) in [7, 11) is -0.718. The van der Waals surface area contributed by atoms with Crippen molar-refractivity contribution >= 4 is 32.7 Å². The van der Waals surface area contributed by atoms with Gasteiger partial charge < -0.3 is 10.2 Å². The Morgan fingerprint density at radius 1 is 1.19 bits per heavy atom. The number of nitrogens with one attached hydrogen (secondary N) is 1. The van der Waals surface area contributed by atoms with Crippen molar-refractivity contribution < 1.29 is 18.0 Å². The maximum absolute atomic E-state index is 12.3. The Hall–Kier alpha value is -2.98. The zero-order valence-electron chi connectivity index (χ0n) is 15.1. The molecule has 1 amide bonds. The monoisotopic (exact) mass is 389 g/mol. The molecule has 0 aliphatic heterocycles. The number of fused-ring (bicyclic) bond motifs is 1. The predicted molar refractivity (Wildman–Crippen MR) is 99.7 cm³/mol. The zero-order chi connectivity index (χ0) is 19.6. The van der Waals surface area contributed by atoms with Crippen LogP contribution in [0, 0.1) is 6.92 Å². The summed E-state index contributed by atoms with van der Waals surface area (Å²) in [6.07, 6.45) is 0. The van der Waals surface area contributed by atoms with Crippen molar-refractivity contribution in [2.75, 3.05) is 26.0 Å². The largest absolute Gasteiger partial charge is 0.385 e. The summed E-state index contributed by atoms with van der Waals surface area (Å²) in [6.45, 7) is 1.65. The first-order valence-electron chi connectivity index (χ1n) is 8.05. The quantitative estimate of drug-likeness (QED) is 0.676. The van der Waals surface area contributed by atoms with E-state index >= 15 is 0 Å². The molecule has 0 spiro atoms. The Labute approximate surface area is 156 Å². The number of amides is 1. The highest BCUT2D eigenvalue weighted by atomic mass is 32.2. The van der Waals surface area contributed by atoms with Gasteiger partial charge in [0, 0.05) is 19.8 Å². The molecule has 1 aromatic heterocycles. The van der Waals surface area contributed by atoms with Crippen molar-refractivity contribution in [2.24, 2.45) is 0 Å². The van der Waals surface area contributed by atoms with Gasteiger partial charge in [0.2, 0.25) is 10.0 Å². The average Bonchev–Trinajstić information content (AvgIpc) is 3.04. The van der Waals surface area contributed by atoms with E-state index in [1.165, 1.54) is 32.3 Å². The fourth-order valence-corrected chi connectivity index (χ4v) is 3.22. The SMILES string of the molecule is Cc1ccc(NC(=O)COn2nnc3ccc(S(=O)(=O)N(C)C)cc32)cc1. The maximum atomic E-state index is 12.3. The van der Waals surface area contributed by atoms with Crippen molar-refractivity contribution in [3.63, 3.8) is 0 Å². The fraction of sp³-hybridized carbons (Fsp3) is 0.235. The van der Waals surface area contributed by atoms with Gasteiger partial charge in [0.15, 0.2) is 6.61 Å². The molecule has 0 fully saturated rings. The van der Waals surface area contributed by atoms with Crippen molar-refractivity contribution in [3.8, 4) is 0 Å². The second-order valence-electron chi connectivity index (χ2n) is 6.09. The molecule has 0 atom stereocenters. The van der Waals surface area contributed by atoms with E-state index in [0.717, 1.165) is 14.7 Å². The van der Waals surface area contributed by atoms with Crippen molar-refractivity contribution in [1.29, 1.82) is 0 Å². The molecule has 0 bridgehead atoms. The lowest BCUT2D eigenvalue weighted by atomic mass is 10.2. The molecule has 1 heterocycles. The van der Waals surface area contributed by atoms with Gasteiger partial charge in [-0.2, -0.15) is 0 Å². The number of carbonyl (C=O) groups excluding carboxylic acids is 1. The number of rotatable bonds is 6. The van der Waals surface area contributed by atoms with Crippen LogP contribution in [0.2, 0.25) is 0 Å². The normalized spacial score (nSPS) is 11.7. The number of hydrogen-bond donors (Lipinski definition) is 1. The lowest BCUT2D eigenvalue weighted by Crippen LogP contribution is -2.26. The van der Waals surface area contributed by atoms with E-state index in [9.17, 15) is 13.2 Å². The van der Waals surface area contributed by atoms with Crippen molar-refractivity contribution in [2.45, 2.75) is 11.8 Å². The standard InChI is InChI=1S/C17H19N5O4S/c1-12-4-6-13(7-5-12)18-17(23)11-26-22-16-10-14(27(24,25)21(2)3)8-9-15(16)19-20-22/h4-10H,11H2,1-3H3,(H,18,23).